The quantitative estimate of drug-likeness (QED) is 0.788. The van der Waals surface area contributed by atoms with Crippen molar-refractivity contribution in [2.45, 2.75) is 13.3 Å². The summed E-state index contributed by atoms with van der Waals surface area (Å²) in [4.78, 5) is 12.1. The minimum absolute atomic E-state index is 0.105. The molecule has 23 heavy (non-hydrogen) atoms. The van der Waals surface area contributed by atoms with Crippen molar-refractivity contribution < 1.29 is 9.53 Å². The third-order valence-electron chi connectivity index (χ3n) is 3.28. The van der Waals surface area contributed by atoms with Gasteiger partial charge in [-0.25, -0.2) is 0 Å². The Morgan fingerprint density at radius 3 is 2.52 bits per heavy atom. The monoisotopic (exact) mass is 352 g/mol. The molecule has 0 saturated heterocycles. The second-order valence-corrected chi connectivity index (χ2v) is 5.88. The lowest BCUT2D eigenvalue weighted by Crippen LogP contribution is -2.16. The van der Waals surface area contributed by atoms with Gasteiger partial charge in [0.05, 0.1) is 12.8 Å². The number of carbonyl (C=O) groups excluding carboxylic acids is 1. The lowest BCUT2D eigenvalue weighted by molar-refractivity contribution is -0.115. The summed E-state index contributed by atoms with van der Waals surface area (Å²) in [6, 6.07) is 10.8. The lowest BCUT2D eigenvalue weighted by atomic mass is 10.2. The van der Waals surface area contributed by atoms with E-state index in [4.69, 9.17) is 27.9 Å². The van der Waals surface area contributed by atoms with E-state index in [2.05, 4.69) is 10.6 Å². The van der Waals surface area contributed by atoms with Gasteiger partial charge in [-0.1, -0.05) is 23.2 Å². The number of amides is 1. The van der Waals surface area contributed by atoms with E-state index in [1.165, 1.54) is 0 Å². The van der Waals surface area contributed by atoms with E-state index < -0.39 is 0 Å². The molecule has 0 aromatic heterocycles. The van der Waals surface area contributed by atoms with Gasteiger partial charge in [0.15, 0.2) is 0 Å². The van der Waals surface area contributed by atoms with Crippen LogP contribution in [-0.4, -0.2) is 19.6 Å². The summed E-state index contributed by atoms with van der Waals surface area (Å²) in [7, 11) is 1.54. The molecule has 0 bridgehead atoms. The molecule has 2 aromatic rings. The van der Waals surface area contributed by atoms with Crippen LogP contribution in [0.25, 0.3) is 0 Å². The van der Waals surface area contributed by atoms with Gasteiger partial charge in [-0.3, -0.25) is 4.79 Å². The van der Waals surface area contributed by atoms with Crippen molar-refractivity contribution in [3.8, 4) is 5.75 Å². The maximum Gasteiger partial charge on any atom is 0.226 e. The van der Waals surface area contributed by atoms with Crippen molar-refractivity contribution in [3.63, 3.8) is 0 Å². The highest BCUT2D eigenvalue weighted by atomic mass is 35.5. The average molecular weight is 353 g/mol. The fourth-order valence-electron chi connectivity index (χ4n) is 2.03. The van der Waals surface area contributed by atoms with Crippen molar-refractivity contribution >= 4 is 40.5 Å². The first-order chi connectivity index (χ1) is 11.0. The van der Waals surface area contributed by atoms with Crippen molar-refractivity contribution in [2.75, 3.05) is 24.3 Å². The van der Waals surface area contributed by atoms with Crippen molar-refractivity contribution in [3.05, 3.63) is 52.0 Å². The predicted molar refractivity (Wildman–Crippen MR) is 95.9 cm³/mol. The zero-order valence-corrected chi connectivity index (χ0v) is 14.5. The van der Waals surface area contributed by atoms with Crippen LogP contribution in [0.3, 0.4) is 0 Å². The highest BCUT2D eigenvalue weighted by Crippen LogP contribution is 2.30. The van der Waals surface area contributed by atoms with Gasteiger partial charge in [0.2, 0.25) is 5.91 Å². The summed E-state index contributed by atoms with van der Waals surface area (Å²) in [5.41, 5.74) is 2.41. The minimum Gasteiger partial charge on any atom is -0.495 e. The summed E-state index contributed by atoms with van der Waals surface area (Å²) < 4.78 is 5.24. The molecule has 0 aliphatic rings. The Labute approximate surface area is 145 Å². The summed E-state index contributed by atoms with van der Waals surface area (Å²) in [6.07, 6.45) is 0.327. The van der Waals surface area contributed by atoms with Gasteiger partial charge < -0.3 is 15.4 Å². The molecule has 4 nitrogen and oxygen atoms in total. The number of anilines is 2. The molecule has 0 fully saturated rings. The number of rotatable bonds is 6. The first-order valence-electron chi connectivity index (χ1n) is 7.13. The van der Waals surface area contributed by atoms with Gasteiger partial charge in [0.1, 0.15) is 5.75 Å². The largest absolute Gasteiger partial charge is 0.495 e. The van der Waals surface area contributed by atoms with E-state index in [1.807, 2.05) is 19.1 Å². The van der Waals surface area contributed by atoms with Crippen molar-refractivity contribution in [2.24, 2.45) is 0 Å². The zero-order valence-electron chi connectivity index (χ0n) is 13.0. The van der Waals surface area contributed by atoms with Crippen LogP contribution in [0.5, 0.6) is 5.75 Å². The minimum atomic E-state index is -0.105. The number of benzene rings is 2. The number of methoxy groups -OCH3 is 1. The van der Waals surface area contributed by atoms with Crippen LogP contribution >= 0.6 is 23.2 Å². The van der Waals surface area contributed by atoms with E-state index in [0.29, 0.717) is 34.4 Å². The Kier molecular flexibility index (Phi) is 6.13. The lowest BCUT2D eigenvalue weighted by Gasteiger charge is -2.12. The van der Waals surface area contributed by atoms with Gasteiger partial charge in [-0.05, 0) is 42.8 Å². The molecular formula is C17H18Cl2N2O2. The second-order valence-electron chi connectivity index (χ2n) is 5.03. The molecule has 1 amide bonds. The number of carbonyl (C=O) groups is 1. The van der Waals surface area contributed by atoms with Crippen LogP contribution in [0, 0.1) is 6.92 Å². The molecule has 2 rings (SSSR count). The number of nitrogens with one attached hydrogen (secondary N) is 2. The van der Waals surface area contributed by atoms with Gasteiger partial charge in [-0.2, -0.15) is 0 Å². The highest BCUT2D eigenvalue weighted by molar-refractivity contribution is 6.31. The number of aryl methyl sites for hydroxylation is 1. The Morgan fingerprint density at radius 2 is 1.87 bits per heavy atom. The molecule has 122 valence electrons. The normalized spacial score (nSPS) is 10.3. The van der Waals surface area contributed by atoms with Crippen molar-refractivity contribution in [1.29, 1.82) is 0 Å². The summed E-state index contributed by atoms with van der Waals surface area (Å²) >= 11 is 11.9. The molecule has 0 atom stereocenters. The molecule has 2 N–H and O–H groups in total. The second kappa shape index (κ2) is 8.09. The van der Waals surface area contributed by atoms with Crippen LogP contribution in [0.15, 0.2) is 36.4 Å². The van der Waals surface area contributed by atoms with E-state index in [-0.39, 0.29) is 5.91 Å². The van der Waals surface area contributed by atoms with Gasteiger partial charge in [0.25, 0.3) is 0 Å². The molecule has 6 heteroatoms. The number of hydrogen-bond donors (Lipinski definition) is 2. The molecular weight excluding hydrogens is 335 g/mol. The van der Waals surface area contributed by atoms with E-state index in [9.17, 15) is 4.79 Å². The Bertz CT molecular complexity index is 688. The molecule has 0 radical (unpaired) electrons. The van der Waals surface area contributed by atoms with Crippen molar-refractivity contribution in [1.82, 2.24) is 0 Å². The fourth-order valence-corrected chi connectivity index (χ4v) is 2.31. The summed E-state index contributed by atoms with van der Waals surface area (Å²) in [5.74, 6) is 0.436. The maximum atomic E-state index is 12.1. The van der Waals surface area contributed by atoms with Crippen LogP contribution in [0.2, 0.25) is 10.0 Å². The maximum absolute atomic E-state index is 12.1. The van der Waals surface area contributed by atoms with Gasteiger partial charge in [0, 0.05) is 34.8 Å². The number of halogens is 2. The Hall–Kier alpha value is -1.91. The topological polar surface area (TPSA) is 50.4 Å². The molecule has 2 aromatic carbocycles. The average Bonchev–Trinajstić information content (AvgIpc) is 2.52. The third kappa shape index (κ3) is 5.05. The summed E-state index contributed by atoms with van der Waals surface area (Å²) in [5, 5.41) is 7.29. The van der Waals surface area contributed by atoms with Crippen LogP contribution < -0.4 is 15.4 Å². The van der Waals surface area contributed by atoms with Crippen LogP contribution in [0.4, 0.5) is 11.4 Å². The van der Waals surface area contributed by atoms with Gasteiger partial charge >= 0.3 is 0 Å². The van der Waals surface area contributed by atoms with E-state index in [1.54, 1.807) is 31.4 Å². The first kappa shape index (κ1) is 17.4. The van der Waals surface area contributed by atoms with Crippen LogP contribution in [0.1, 0.15) is 12.0 Å². The number of ether oxygens (including phenoxy) is 1. The first-order valence-corrected chi connectivity index (χ1v) is 7.88. The van der Waals surface area contributed by atoms with Gasteiger partial charge in [-0.15, -0.1) is 0 Å². The fraction of sp³-hybridized carbons (Fsp3) is 0.235. The predicted octanol–water partition coefficient (Wildman–Crippen LogP) is 4.75. The number of hydrogen-bond acceptors (Lipinski definition) is 3. The molecule has 0 spiro atoms. The smallest absolute Gasteiger partial charge is 0.226 e. The van der Waals surface area contributed by atoms with Crippen LogP contribution in [-0.2, 0) is 4.79 Å². The highest BCUT2D eigenvalue weighted by Gasteiger charge is 2.10. The Morgan fingerprint density at radius 1 is 1.17 bits per heavy atom. The molecule has 0 heterocycles. The summed E-state index contributed by atoms with van der Waals surface area (Å²) in [6.45, 7) is 2.39. The third-order valence-corrected chi connectivity index (χ3v) is 3.94. The zero-order chi connectivity index (χ0) is 16.8. The molecule has 0 aliphatic carbocycles. The molecule has 0 unspecified atom stereocenters. The van der Waals surface area contributed by atoms with E-state index in [0.717, 1.165) is 11.3 Å². The Balaban J connectivity index is 1.89. The molecule has 0 saturated carbocycles. The molecule has 0 aliphatic heterocycles. The SMILES string of the molecule is COc1cc(Cl)c(C)cc1NC(=O)CCNc1ccc(Cl)cc1. The van der Waals surface area contributed by atoms with E-state index >= 15 is 0 Å². The standard InChI is InChI=1S/C17H18Cl2N2O2/c1-11-9-15(16(23-2)10-14(11)19)21-17(22)7-8-20-13-5-3-12(18)4-6-13/h3-6,9-10,20H,7-8H2,1-2H3,(H,21,22).